The molecule has 0 aliphatic carbocycles. The molecule has 25 heavy (non-hydrogen) atoms. The van der Waals surface area contributed by atoms with Gasteiger partial charge in [-0.1, -0.05) is 29.3 Å². The van der Waals surface area contributed by atoms with E-state index in [9.17, 15) is 10.1 Å². The van der Waals surface area contributed by atoms with E-state index in [1.807, 2.05) is 17.0 Å². The molecular weight excluding hydrogens is 359 g/mol. The second-order valence-electron chi connectivity index (χ2n) is 7.16. The number of anilines is 1. The van der Waals surface area contributed by atoms with E-state index in [2.05, 4.69) is 16.4 Å². The Morgan fingerprint density at radius 3 is 2.88 bits per heavy atom. The van der Waals surface area contributed by atoms with E-state index >= 15 is 0 Å². The summed E-state index contributed by atoms with van der Waals surface area (Å²) in [5.41, 5.74) is 0.889. The van der Waals surface area contributed by atoms with Gasteiger partial charge in [0.25, 0.3) is 0 Å². The van der Waals surface area contributed by atoms with Crippen LogP contribution in [-0.2, 0) is 4.79 Å². The van der Waals surface area contributed by atoms with Gasteiger partial charge in [0, 0.05) is 19.1 Å². The van der Waals surface area contributed by atoms with Crippen molar-refractivity contribution in [3.63, 3.8) is 0 Å². The number of amides is 1. The third kappa shape index (κ3) is 2.92. The Balaban J connectivity index is 1.38. The zero-order chi connectivity index (χ0) is 17.6. The molecule has 1 aromatic rings. The van der Waals surface area contributed by atoms with E-state index in [1.165, 1.54) is 0 Å². The molecule has 1 aromatic carbocycles. The summed E-state index contributed by atoms with van der Waals surface area (Å²) in [6, 6.07) is 6.18. The van der Waals surface area contributed by atoms with E-state index in [0.717, 1.165) is 37.9 Å². The molecule has 3 saturated heterocycles. The molecule has 3 fully saturated rings. The van der Waals surface area contributed by atoms with Gasteiger partial charge in [-0.2, -0.15) is 5.26 Å². The molecule has 132 valence electrons. The van der Waals surface area contributed by atoms with E-state index < -0.39 is 0 Å². The van der Waals surface area contributed by atoms with Crippen LogP contribution in [0.3, 0.4) is 0 Å². The van der Waals surface area contributed by atoms with Gasteiger partial charge in [0.05, 0.1) is 33.7 Å². The molecule has 0 aromatic heterocycles. The molecule has 7 heteroatoms. The molecule has 4 rings (SSSR count). The van der Waals surface area contributed by atoms with Crippen LogP contribution in [0.2, 0.25) is 10.0 Å². The lowest BCUT2D eigenvalue weighted by Crippen LogP contribution is -2.46. The van der Waals surface area contributed by atoms with Gasteiger partial charge in [0.15, 0.2) is 6.19 Å². The monoisotopic (exact) mass is 378 g/mol. The Labute approximate surface area is 157 Å². The SMILES string of the molecule is N#CN1[C@H]2CC[C@@H]1[C@H](NC(=O)[C@H]1CCN(c3cccc(Cl)c3Cl)C1)C2. The van der Waals surface area contributed by atoms with Crippen LogP contribution in [0.25, 0.3) is 0 Å². The maximum Gasteiger partial charge on any atom is 0.225 e. The Kier molecular flexibility index (Phi) is 4.43. The lowest BCUT2D eigenvalue weighted by atomic mass is 9.95. The summed E-state index contributed by atoms with van der Waals surface area (Å²) in [4.78, 5) is 16.7. The summed E-state index contributed by atoms with van der Waals surface area (Å²) in [5.74, 6) is 0.0424. The zero-order valence-electron chi connectivity index (χ0n) is 13.8. The fourth-order valence-corrected chi connectivity index (χ4v) is 4.95. The van der Waals surface area contributed by atoms with Crippen LogP contribution < -0.4 is 10.2 Å². The van der Waals surface area contributed by atoms with Crippen LogP contribution in [0.15, 0.2) is 18.2 Å². The minimum Gasteiger partial charge on any atom is -0.369 e. The average molecular weight is 379 g/mol. The van der Waals surface area contributed by atoms with Crippen molar-refractivity contribution in [1.29, 1.82) is 5.26 Å². The second kappa shape index (κ2) is 6.59. The van der Waals surface area contributed by atoms with Gasteiger partial charge < -0.3 is 15.1 Å². The molecule has 4 atom stereocenters. The Bertz CT molecular complexity index is 734. The average Bonchev–Trinajstić information content (AvgIpc) is 3.31. The van der Waals surface area contributed by atoms with E-state index in [-0.39, 0.29) is 23.9 Å². The number of carbonyl (C=O) groups is 1. The van der Waals surface area contributed by atoms with Crippen molar-refractivity contribution < 1.29 is 4.79 Å². The Morgan fingerprint density at radius 1 is 1.28 bits per heavy atom. The molecule has 3 heterocycles. The number of hydrogen-bond donors (Lipinski definition) is 1. The van der Waals surface area contributed by atoms with Crippen molar-refractivity contribution in [3.05, 3.63) is 28.2 Å². The summed E-state index contributed by atoms with van der Waals surface area (Å²) in [7, 11) is 0. The third-order valence-corrected chi connectivity index (χ3v) is 6.62. The summed E-state index contributed by atoms with van der Waals surface area (Å²) in [6.45, 7) is 1.44. The minimum atomic E-state index is -0.0512. The van der Waals surface area contributed by atoms with Crippen LogP contribution in [0, 0.1) is 17.4 Å². The number of carbonyl (C=O) groups excluding carboxylic acids is 1. The summed E-state index contributed by atoms with van der Waals surface area (Å²) < 4.78 is 0. The molecular formula is C18H20Cl2N4O. The lowest BCUT2D eigenvalue weighted by molar-refractivity contribution is -0.125. The van der Waals surface area contributed by atoms with Crippen molar-refractivity contribution in [2.45, 2.75) is 43.8 Å². The number of nitrogens with one attached hydrogen (secondary N) is 1. The molecule has 2 bridgehead atoms. The predicted octanol–water partition coefficient (Wildman–Crippen LogP) is 3.02. The standard InChI is InChI=1S/C18H20Cl2N4O/c19-13-2-1-3-16(17(13)20)23-7-6-11(9-23)18(25)22-14-8-12-4-5-15(14)24(12)10-21/h1-3,11-12,14-15H,4-9H2,(H,22,25)/t11-,12-,14+,15+/m0/s1. The number of halogens is 2. The highest BCUT2D eigenvalue weighted by Crippen LogP contribution is 2.38. The van der Waals surface area contributed by atoms with Gasteiger partial charge in [-0.3, -0.25) is 4.79 Å². The number of nitriles is 1. The van der Waals surface area contributed by atoms with Crippen LogP contribution in [0.4, 0.5) is 5.69 Å². The Morgan fingerprint density at radius 2 is 2.12 bits per heavy atom. The molecule has 3 aliphatic heterocycles. The van der Waals surface area contributed by atoms with Crippen molar-refractivity contribution in [2.24, 2.45) is 5.92 Å². The molecule has 1 amide bonds. The van der Waals surface area contributed by atoms with Crippen LogP contribution in [-0.4, -0.2) is 42.0 Å². The summed E-state index contributed by atoms with van der Waals surface area (Å²) in [6.07, 6.45) is 6.04. The van der Waals surface area contributed by atoms with E-state index in [4.69, 9.17) is 23.2 Å². The maximum atomic E-state index is 12.7. The molecule has 0 spiro atoms. The Hall–Kier alpha value is -1.64. The highest BCUT2D eigenvalue weighted by molar-refractivity contribution is 6.43. The first-order chi connectivity index (χ1) is 12.1. The van der Waals surface area contributed by atoms with Crippen LogP contribution in [0.5, 0.6) is 0 Å². The smallest absolute Gasteiger partial charge is 0.225 e. The van der Waals surface area contributed by atoms with Gasteiger partial charge in [0.1, 0.15) is 0 Å². The first-order valence-corrected chi connectivity index (χ1v) is 9.51. The van der Waals surface area contributed by atoms with Crippen LogP contribution in [0.1, 0.15) is 25.7 Å². The van der Waals surface area contributed by atoms with Crippen molar-refractivity contribution >= 4 is 34.8 Å². The number of hydrogen-bond acceptors (Lipinski definition) is 4. The van der Waals surface area contributed by atoms with Crippen molar-refractivity contribution in [1.82, 2.24) is 10.2 Å². The minimum absolute atomic E-state index is 0.0512. The number of benzene rings is 1. The topological polar surface area (TPSA) is 59.4 Å². The van der Waals surface area contributed by atoms with E-state index in [1.54, 1.807) is 6.07 Å². The van der Waals surface area contributed by atoms with Gasteiger partial charge in [-0.15, -0.1) is 0 Å². The molecule has 1 N–H and O–H groups in total. The summed E-state index contributed by atoms with van der Waals surface area (Å²) >= 11 is 12.4. The van der Waals surface area contributed by atoms with Gasteiger partial charge in [-0.25, -0.2) is 0 Å². The zero-order valence-corrected chi connectivity index (χ0v) is 15.3. The predicted molar refractivity (Wildman–Crippen MR) is 97.6 cm³/mol. The fourth-order valence-electron chi connectivity index (χ4n) is 4.53. The van der Waals surface area contributed by atoms with Crippen LogP contribution >= 0.6 is 23.2 Å². The van der Waals surface area contributed by atoms with Crippen molar-refractivity contribution in [3.8, 4) is 6.19 Å². The number of rotatable bonds is 3. The van der Waals surface area contributed by atoms with Gasteiger partial charge in [0.2, 0.25) is 5.91 Å². The lowest BCUT2D eigenvalue weighted by Gasteiger charge is -2.24. The summed E-state index contributed by atoms with van der Waals surface area (Å²) in [5, 5.41) is 13.5. The molecule has 3 aliphatic rings. The molecule has 0 unspecified atom stereocenters. The molecule has 5 nitrogen and oxygen atoms in total. The maximum absolute atomic E-state index is 12.7. The quantitative estimate of drug-likeness (QED) is 0.821. The molecule has 0 radical (unpaired) electrons. The molecule has 0 saturated carbocycles. The van der Waals surface area contributed by atoms with E-state index in [0.29, 0.717) is 22.6 Å². The second-order valence-corrected chi connectivity index (χ2v) is 7.95. The fraction of sp³-hybridized carbons (Fsp3) is 0.556. The van der Waals surface area contributed by atoms with Crippen molar-refractivity contribution in [2.75, 3.05) is 18.0 Å². The first kappa shape index (κ1) is 16.8. The van der Waals surface area contributed by atoms with Gasteiger partial charge >= 0.3 is 0 Å². The highest BCUT2D eigenvalue weighted by Gasteiger charge is 2.47. The van der Waals surface area contributed by atoms with Gasteiger partial charge in [-0.05, 0) is 37.8 Å². The highest BCUT2D eigenvalue weighted by atomic mass is 35.5. The third-order valence-electron chi connectivity index (χ3n) is 5.81. The largest absolute Gasteiger partial charge is 0.369 e. The number of fused-ring (bicyclic) bond motifs is 2. The first-order valence-electron chi connectivity index (χ1n) is 8.76. The number of nitrogens with zero attached hydrogens (tertiary/aromatic N) is 3. The normalized spacial score (nSPS) is 30.6.